The minimum Gasteiger partial charge on any atom is -0.495 e. The molecule has 2 nitrogen and oxygen atoms in total. The lowest BCUT2D eigenvalue weighted by Crippen LogP contribution is -2.07. The summed E-state index contributed by atoms with van der Waals surface area (Å²) in [5.41, 5.74) is -0.137. The molecule has 0 unspecified atom stereocenters. The van der Waals surface area contributed by atoms with Crippen molar-refractivity contribution in [2.24, 2.45) is 0 Å². The Morgan fingerprint density at radius 2 is 1.86 bits per heavy atom. The van der Waals surface area contributed by atoms with E-state index in [1.165, 1.54) is 19.4 Å². The fourth-order valence-corrected chi connectivity index (χ4v) is 0.771. The molecule has 0 aliphatic carbocycles. The van der Waals surface area contributed by atoms with Gasteiger partial charge in [-0.2, -0.15) is 0 Å². The van der Waals surface area contributed by atoms with Crippen LogP contribution in [0.2, 0.25) is 0 Å². The van der Waals surface area contributed by atoms with Crippen LogP contribution in [0.1, 0.15) is 26.3 Å². The highest BCUT2D eigenvalue weighted by molar-refractivity contribution is 5.26. The SMILES string of the molecule is CC.COc1cncc(C(C)(F)F)c1. The van der Waals surface area contributed by atoms with Gasteiger partial charge in [-0.1, -0.05) is 13.8 Å². The molecule has 1 aromatic heterocycles. The van der Waals surface area contributed by atoms with E-state index in [1.54, 1.807) is 0 Å². The Morgan fingerprint density at radius 3 is 2.29 bits per heavy atom. The Bertz CT molecular complexity index is 271. The molecule has 0 aliphatic heterocycles. The molecule has 0 spiro atoms. The molecule has 0 atom stereocenters. The maximum atomic E-state index is 12.7. The molecule has 0 saturated carbocycles. The highest BCUT2D eigenvalue weighted by Gasteiger charge is 2.24. The molecule has 80 valence electrons. The molecule has 0 bridgehead atoms. The van der Waals surface area contributed by atoms with Gasteiger partial charge in [0.05, 0.1) is 13.3 Å². The quantitative estimate of drug-likeness (QED) is 0.736. The van der Waals surface area contributed by atoms with Gasteiger partial charge < -0.3 is 4.74 Å². The molecule has 1 heterocycles. The number of alkyl halides is 2. The van der Waals surface area contributed by atoms with E-state index in [1.807, 2.05) is 13.8 Å². The number of nitrogens with zero attached hydrogens (tertiary/aromatic N) is 1. The second-order valence-electron chi connectivity index (χ2n) is 2.50. The highest BCUT2D eigenvalue weighted by Crippen LogP contribution is 2.28. The number of ether oxygens (including phenoxy) is 1. The van der Waals surface area contributed by atoms with Crippen molar-refractivity contribution in [3.05, 3.63) is 24.0 Å². The summed E-state index contributed by atoms with van der Waals surface area (Å²) in [5, 5.41) is 0. The zero-order valence-electron chi connectivity index (χ0n) is 8.84. The number of methoxy groups -OCH3 is 1. The Morgan fingerprint density at radius 1 is 1.29 bits per heavy atom. The van der Waals surface area contributed by atoms with E-state index in [-0.39, 0.29) is 5.56 Å². The third-order valence-electron chi connectivity index (χ3n) is 1.46. The van der Waals surface area contributed by atoms with E-state index in [9.17, 15) is 8.78 Å². The van der Waals surface area contributed by atoms with Gasteiger partial charge in [0, 0.05) is 18.7 Å². The first-order valence-electron chi connectivity index (χ1n) is 4.41. The van der Waals surface area contributed by atoms with Crippen LogP contribution >= 0.6 is 0 Å². The number of hydrogen-bond donors (Lipinski definition) is 0. The van der Waals surface area contributed by atoms with Gasteiger partial charge in [-0.3, -0.25) is 4.98 Å². The number of halogens is 2. The zero-order chi connectivity index (χ0) is 11.2. The van der Waals surface area contributed by atoms with Gasteiger partial charge in [-0.15, -0.1) is 0 Å². The van der Waals surface area contributed by atoms with Crippen LogP contribution in [0.4, 0.5) is 8.78 Å². The smallest absolute Gasteiger partial charge is 0.272 e. The summed E-state index contributed by atoms with van der Waals surface area (Å²) in [6.45, 7) is 4.82. The van der Waals surface area contributed by atoms with Crippen molar-refractivity contribution in [2.75, 3.05) is 7.11 Å². The standard InChI is InChI=1S/C8H9F2NO.C2H6/c1-8(9,10)6-3-7(12-2)5-11-4-6;1-2/h3-5H,1-2H3;1-2H3. The van der Waals surface area contributed by atoms with Crippen LogP contribution in [0.3, 0.4) is 0 Å². The summed E-state index contributed by atoms with van der Waals surface area (Å²) in [4.78, 5) is 3.62. The molecule has 0 radical (unpaired) electrons. The van der Waals surface area contributed by atoms with Crippen LogP contribution in [0.25, 0.3) is 0 Å². The normalized spacial score (nSPS) is 10.1. The molecular weight excluding hydrogens is 188 g/mol. The first-order chi connectivity index (χ1) is 6.54. The maximum absolute atomic E-state index is 12.7. The molecule has 0 aliphatic rings. The van der Waals surface area contributed by atoms with Gasteiger partial charge in [0.25, 0.3) is 5.92 Å². The Hall–Kier alpha value is -1.19. The largest absolute Gasteiger partial charge is 0.495 e. The molecular formula is C10H15F2NO. The van der Waals surface area contributed by atoms with E-state index in [0.29, 0.717) is 5.75 Å². The molecule has 0 saturated heterocycles. The van der Waals surface area contributed by atoms with Gasteiger partial charge in [0.1, 0.15) is 5.75 Å². The maximum Gasteiger partial charge on any atom is 0.272 e. The van der Waals surface area contributed by atoms with Crippen molar-refractivity contribution in [2.45, 2.75) is 26.7 Å². The lowest BCUT2D eigenvalue weighted by Gasteiger charge is -2.10. The monoisotopic (exact) mass is 203 g/mol. The Kier molecular flexibility index (Phi) is 5.05. The van der Waals surface area contributed by atoms with Crippen LogP contribution in [0.5, 0.6) is 5.75 Å². The first kappa shape index (κ1) is 12.8. The lowest BCUT2D eigenvalue weighted by molar-refractivity contribution is 0.0169. The van der Waals surface area contributed by atoms with Crippen LogP contribution in [0.15, 0.2) is 18.5 Å². The van der Waals surface area contributed by atoms with Crippen molar-refractivity contribution in [1.82, 2.24) is 4.98 Å². The summed E-state index contributed by atoms with van der Waals surface area (Å²) in [6, 6.07) is 1.27. The average Bonchev–Trinajstić information content (AvgIpc) is 2.20. The van der Waals surface area contributed by atoms with Crippen LogP contribution in [-0.2, 0) is 5.92 Å². The van der Waals surface area contributed by atoms with Gasteiger partial charge in [-0.05, 0) is 6.07 Å². The fourth-order valence-electron chi connectivity index (χ4n) is 0.771. The van der Waals surface area contributed by atoms with Crippen LogP contribution < -0.4 is 4.74 Å². The predicted molar refractivity (Wildman–Crippen MR) is 51.7 cm³/mol. The second kappa shape index (κ2) is 5.52. The van der Waals surface area contributed by atoms with Crippen LogP contribution in [0, 0.1) is 0 Å². The minimum absolute atomic E-state index is 0.137. The molecule has 1 rings (SSSR count). The van der Waals surface area contributed by atoms with Crippen molar-refractivity contribution < 1.29 is 13.5 Å². The van der Waals surface area contributed by atoms with E-state index < -0.39 is 5.92 Å². The van der Waals surface area contributed by atoms with Gasteiger partial charge >= 0.3 is 0 Å². The number of hydrogen-bond acceptors (Lipinski definition) is 2. The molecule has 4 heteroatoms. The summed E-state index contributed by atoms with van der Waals surface area (Å²) < 4.78 is 30.1. The Balaban J connectivity index is 0.000000791. The number of pyridine rings is 1. The van der Waals surface area contributed by atoms with Crippen molar-refractivity contribution >= 4 is 0 Å². The summed E-state index contributed by atoms with van der Waals surface area (Å²) >= 11 is 0. The summed E-state index contributed by atoms with van der Waals surface area (Å²) in [7, 11) is 1.41. The summed E-state index contributed by atoms with van der Waals surface area (Å²) in [6.07, 6.45) is 2.51. The van der Waals surface area contributed by atoms with Gasteiger partial charge in [-0.25, -0.2) is 8.78 Å². The molecule has 0 aromatic carbocycles. The third-order valence-corrected chi connectivity index (χ3v) is 1.46. The first-order valence-corrected chi connectivity index (χ1v) is 4.41. The van der Waals surface area contributed by atoms with Gasteiger partial charge in [0.15, 0.2) is 0 Å². The van der Waals surface area contributed by atoms with Gasteiger partial charge in [0.2, 0.25) is 0 Å². The van der Waals surface area contributed by atoms with Crippen LogP contribution in [-0.4, -0.2) is 12.1 Å². The average molecular weight is 203 g/mol. The zero-order valence-corrected chi connectivity index (χ0v) is 8.84. The van der Waals surface area contributed by atoms with Crippen molar-refractivity contribution in [3.63, 3.8) is 0 Å². The molecule has 1 aromatic rings. The highest BCUT2D eigenvalue weighted by atomic mass is 19.3. The molecule has 0 fully saturated rings. The predicted octanol–water partition coefficient (Wildman–Crippen LogP) is 3.23. The molecule has 14 heavy (non-hydrogen) atoms. The topological polar surface area (TPSA) is 22.1 Å². The molecule has 0 amide bonds. The second-order valence-corrected chi connectivity index (χ2v) is 2.50. The Labute approximate surface area is 82.9 Å². The van der Waals surface area contributed by atoms with E-state index >= 15 is 0 Å². The van der Waals surface area contributed by atoms with Crippen molar-refractivity contribution in [1.29, 1.82) is 0 Å². The van der Waals surface area contributed by atoms with E-state index in [4.69, 9.17) is 4.74 Å². The summed E-state index contributed by atoms with van der Waals surface area (Å²) in [5.74, 6) is -2.52. The third kappa shape index (κ3) is 3.68. The lowest BCUT2D eigenvalue weighted by atomic mass is 10.2. The number of rotatable bonds is 2. The minimum atomic E-state index is -2.86. The number of aromatic nitrogens is 1. The van der Waals surface area contributed by atoms with E-state index in [0.717, 1.165) is 13.1 Å². The van der Waals surface area contributed by atoms with E-state index in [2.05, 4.69) is 4.98 Å². The fraction of sp³-hybridized carbons (Fsp3) is 0.500. The van der Waals surface area contributed by atoms with Crippen molar-refractivity contribution in [3.8, 4) is 5.75 Å². The molecule has 0 N–H and O–H groups in total.